The molecule has 2 atom stereocenters. The Hall–Kier alpha value is -0.820. The van der Waals surface area contributed by atoms with Gasteiger partial charge in [0.15, 0.2) is 0 Å². The molecule has 78 valence electrons. The first kappa shape index (κ1) is 11.3. The van der Waals surface area contributed by atoms with Gasteiger partial charge in [0, 0.05) is 0 Å². The number of hydrogen-bond donors (Lipinski definition) is 1. The zero-order valence-corrected chi connectivity index (χ0v) is 9.11. The minimum Gasteiger partial charge on any atom is -0.393 e. The Morgan fingerprint density at radius 3 is 2.43 bits per heavy atom. The van der Waals surface area contributed by atoms with Crippen molar-refractivity contribution < 1.29 is 5.11 Å². The first-order chi connectivity index (χ1) is 6.74. The fourth-order valence-corrected chi connectivity index (χ4v) is 1.70. The molecule has 0 radical (unpaired) electrons. The third kappa shape index (κ3) is 3.51. The van der Waals surface area contributed by atoms with E-state index in [4.69, 9.17) is 0 Å². The lowest BCUT2D eigenvalue weighted by Crippen LogP contribution is -2.19. The summed E-state index contributed by atoms with van der Waals surface area (Å²) in [7, 11) is 0. The van der Waals surface area contributed by atoms with Crippen LogP contribution in [0.1, 0.15) is 32.3 Å². The summed E-state index contributed by atoms with van der Waals surface area (Å²) in [5.41, 5.74) is 1.31. The van der Waals surface area contributed by atoms with Crippen LogP contribution in [0.5, 0.6) is 0 Å². The Kier molecular flexibility index (Phi) is 4.68. The maximum Gasteiger partial charge on any atom is 0.0568 e. The fourth-order valence-electron chi connectivity index (χ4n) is 1.70. The second kappa shape index (κ2) is 5.82. The highest BCUT2D eigenvalue weighted by atomic mass is 16.3. The minimum absolute atomic E-state index is 0.153. The Balaban J connectivity index is 2.44. The van der Waals surface area contributed by atoms with Crippen molar-refractivity contribution in [2.45, 2.75) is 39.2 Å². The summed E-state index contributed by atoms with van der Waals surface area (Å²) in [6.07, 6.45) is 2.79. The van der Waals surface area contributed by atoms with Crippen molar-refractivity contribution in [2.75, 3.05) is 0 Å². The molecule has 1 N–H and O–H groups in total. The van der Waals surface area contributed by atoms with E-state index in [0.29, 0.717) is 5.92 Å². The average Bonchev–Trinajstić information content (AvgIpc) is 2.19. The van der Waals surface area contributed by atoms with Crippen LogP contribution in [0.3, 0.4) is 0 Å². The number of benzene rings is 1. The molecular weight excluding hydrogens is 172 g/mol. The molecule has 0 heterocycles. The second-order valence-corrected chi connectivity index (χ2v) is 4.02. The first-order valence-corrected chi connectivity index (χ1v) is 5.46. The van der Waals surface area contributed by atoms with Crippen molar-refractivity contribution in [3.05, 3.63) is 35.9 Å². The third-order valence-electron chi connectivity index (χ3n) is 2.64. The van der Waals surface area contributed by atoms with E-state index in [1.807, 2.05) is 18.2 Å². The third-order valence-corrected chi connectivity index (χ3v) is 2.64. The topological polar surface area (TPSA) is 20.2 Å². The molecule has 0 spiro atoms. The van der Waals surface area contributed by atoms with Crippen molar-refractivity contribution in [3.8, 4) is 0 Å². The largest absolute Gasteiger partial charge is 0.393 e. The molecular formula is C13H20O. The van der Waals surface area contributed by atoms with Gasteiger partial charge in [-0.15, -0.1) is 0 Å². The van der Waals surface area contributed by atoms with Gasteiger partial charge in [0.05, 0.1) is 6.10 Å². The Morgan fingerprint density at radius 2 is 1.86 bits per heavy atom. The van der Waals surface area contributed by atoms with E-state index >= 15 is 0 Å². The van der Waals surface area contributed by atoms with Crippen molar-refractivity contribution in [3.63, 3.8) is 0 Å². The summed E-state index contributed by atoms with van der Waals surface area (Å²) in [6.45, 7) is 4.23. The van der Waals surface area contributed by atoms with Crippen LogP contribution >= 0.6 is 0 Å². The summed E-state index contributed by atoms with van der Waals surface area (Å²) < 4.78 is 0. The van der Waals surface area contributed by atoms with Crippen molar-refractivity contribution in [2.24, 2.45) is 5.92 Å². The molecule has 1 heteroatoms. The van der Waals surface area contributed by atoms with E-state index in [1.54, 1.807) is 0 Å². The van der Waals surface area contributed by atoms with E-state index in [0.717, 1.165) is 19.3 Å². The van der Waals surface area contributed by atoms with Crippen LogP contribution in [0.2, 0.25) is 0 Å². The van der Waals surface area contributed by atoms with Crippen molar-refractivity contribution in [1.29, 1.82) is 0 Å². The molecule has 0 fully saturated rings. The molecule has 1 nitrogen and oxygen atoms in total. The Labute approximate surface area is 86.8 Å². The predicted molar refractivity (Wildman–Crippen MR) is 60.2 cm³/mol. The van der Waals surface area contributed by atoms with E-state index in [-0.39, 0.29) is 6.10 Å². The molecule has 0 bridgehead atoms. The highest BCUT2D eigenvalue weighted by Crippen LogP contribution is 2.15. The average molecular weight is 192 g/mol. The lowest BCUT2D eigenvalue weighted by atomic mass is 9.93. The van der Waals surface area contributed by atoms with E-state index in [9.17, 15) is 5.11 Å². The van der Waals surface area contributed by atoms with Gasteiger partial charge >= 0.3 is 0 Å². The maximum atomic E-state index is 9.78. The molecule has 1 rings (SSSR count). The highest BCUT2D eigenvalue weighted by molar-refractivity contribution is 5.15. The SMILES string of the molecule is CCCC(O)C(C)Cc1ccccc1. The molecule has 0 aromatic heterocycles. The van der Waals surface area contributed by atoms with Gasteiger partial charge in [0.2, 0.25) is 0 Å². The van der Waals surface area contributed by atoms with Gasteiger partial charge < -0.3 is 5.11 Å². The zero-order chi connectivity index (χ0) is 10.4. The van der Waals surface area contributed by atoms with Crippen LogP contribution in [0, 0.1) is 5.92 Å². The minimum atomic E-state index is -0.153. The van der Waals surface area contributed by atoms with Gasteiger partial charge in [-0.1, -0.05) is 50.6 Å². The molecule has 2 unspecified atom stereocenters. The summed E-state index contributed by atoms with van der Waals surface area (Å²) in [5, 5.41) is 9.78. The second-order valence-electron chi connectivity index (χ2n) is 4.02. The van der Waals surface area contributed by atoms with E-state index in [2.05, 4.69) is 26.0 Å². The van der Waals surface area contributed by atoms with Gasteiger partial charge in [-0.05, 0) is 24.3 Å². The normalized spacial score (nSPS) is 15.1. The summed E-state index contributed by atoms with van der Waals surface area (Å²) in [6, 6.07) is 10.4. The summed E-state index contributed by atoms with van der Waals surface area (Å²) in [4.78, 5) is 0. The molecule has 0 saturated carbocycles. The summed E-state index contributed by atoms with van der Waals surface area (Å²) in [5.74, 6) is 0.359. The molecule has 0 amide bonds. The van der Waals surface area contributed by atoms with Gasteiger partial charge in [-0.3, -0.25) is 0 Å². The zero-order valence-electron chi connectivity index (χ0n) is 9.11. The maximum absolute atomic E-state index is 9.78. The van der Waals surface area contributed by atoms with Gasteiger partial charge in [0.25, 0.3) is 0 Å². The number of hydrogen-bond acceptors (Lipinski definition) is 1. The van der Waals surface area contributed by atoms with E-state index < -0.39 is 0 Å². The van der Waals surface area contributed by atoms with Crippen LogP contribution < -0.4 is 0 Å². The molecule has 14 heavy (non-hydrogen) atoms. The van der Waals surface area contributed by atoms with Crippen LogP contribution in [0.4, 0.5) is 0 Å². The molecule has 0 aliphatic rings. The van der Waals surface area contributed by atoms with Crippen LogP contribution in [-0.2, 0) is 6.42 Å². The standard InChI is InChI=1S/C13H20O/c1-3-7-13(14)11(2)10-12-8-5-4-6-9-12/h4-6,8-9,11,13-14H,3,7,10H2,1-2H3. The van der Waals surface area contributed by atoms with Crippen molar-refractivity contribution in [1.82, 2.24) is 0 Å². The van der Waals surface area contributed by atoms with Gasteiger partial charge in [-0.25, -0.2) is 0 Å². The lowest BCUT2D eigenvalue weighted by molar-refractivity contribution is 0.107. The Morgan fingerprint density at radius 1 is 1.21 bits per heavy atom. The molecule has 1 aromatic carbocycles. The van der Waals surface area contributed by atoms with Crippen molar-refractivity contribution >= 4 is 0 Å². The number of rotatable bonds is 5. The number of aliphatic hydroxyl groups is 1. The fraction of sp³-hybridized carbons (Fsp3) is 0.538. The quantitative estimate of drug-likeness (QED) is 0.760. The molecule has 0 aliphatic carbocycles. The first-order valence-electron chi connectivity index (χ1n) is 5.46. The smallest absolute Gasteiger partial charge is 0.0568 e. The predicted octanol–water partition coefficient (Wildman–Crippen LogP) is 3.03. The van der Waals surface area contributed by atoms with E-state index in [1.165, 1.54) is 5.56 Å². The monoisotopic (exact) mass is 192 g/mol. The highest BCUT2D eigenvalue weighted by Gasteiger charge is 2.13. The molecule has 0 aliphatic heterocycles. The lowest BCUT2D eigenvalue weighted by Gasteiger charge is -2.18. The Bertz CT molecular complexity index is 243. The molecule has 1 aromatic rings. The van der Waals surface area contributed by atoms with Crippen LogP contribution in [0.15, 0.2) is 30.3 Å². The summed E-state index contributed by atoms with van der Waals surface area (Å²) >= 11 is 0. The van der Waals surface area contributed by atoms with Gasteiger partial charge in [0.1, 0.15) is 0 Å². The number of aliphatic hydroxyl groups excluding tert-OH is 1. The van der Waals surface area contributed by atoms with Crippen LogP contribution in [0.25, 0.3) is 0 Å². The molecule has 0 saturated heterocycles. The van der Waals surface area contributed by atoms with Gasteiger partial charge in [-0.2, -0.15) is 0 Å². The van der Waals surface area contributed by atoms with Crippen LogP contribution in [-0.4, -0.2) is 11.2 Å².